The van der Waals surface area contributed by atoms with Gasteiger partial charge in [0.2, 0.25) is 12.3 Å². The third-order valence-electron chi connectivity index (χ3n) is 5.71. The number of aliphatic carboxylic acids is 1. The SMILES string of the molecule is Cc1cc(-c2ccnc(F)c2)nc2ccc(Oc3c(Cl)cc(N4N=C(C(=O)O)C(O)NC4O)cc3Cl)cc12. The monoisotopic (exact) mass is 557 g/mol. The van der Waals surface area contributed by atoms with Gasteiger partial charge in [-0.1, -0.05) is 23.2 Å². The molecule has 2 aromatic heterocycles. The first-order chi connectivity index (χ1) is 18.1. The zero-order valence-electron chi connectivity index (χ0n) is 19.4. The van der Waals surface area contributed by atoms with E-state index in [0.29, 0.717) is 22.5 Å². The summed E-state index contributed by atoms with van der Waals surface area (Å²) in [7, 11) is 0. The Labute approximate surface area is 224 Å². The molecule has 10 nitrogen and oxygen atoms in total. The van der Waals surface area contributed by atoms with Gasteiger partial charge in [-0.05, 0) is 55.0 Å². The molecule has 0 saturated carbocycles. The van der Waals surface area contributed by atoms with Crippen LogP contribution < -0.4 is 15.1 Å². The zero-order chi connectivity index (χ0) is 27.1. The van der Waals surface area contributed by atoms with Gasteiger partial charge in [-0.3, -0.25) is 0 Å². The van der Waals surface area contributed by atoms with Gasteiger partial charge in [0.05, 0.1) is 26.9 Å². The molecule has 0 amide bonds. The summed E-state index contributed by atoms with van der Waals surface area (Å²) >= 11 is 12.9. The van der Waals surface area contributed by atoms with E-state index >= 15 is 0 Å². The normalized spacial score (nSPS) is 17.4. The van der Waals surface area contributed by atoms with Crippen molar-refractivity contribution in [3.63, 3.8) is 0 Å². The smallest absolute Gasteiger partial charge is 0.356 e. The number of nitrogens with one attached hydrogen (secondary N) is 1. The zero-order valence-corrected chi connectivity index (χ0v) is 20.9. The van der Waals surface area contributed by atoms with Crippen LogP contribution in [0.25, 0.3) is 22.2 Å². The van der Waals surface area contributed by atoms with E-state index in [-0.39, 0.29) is 21.5 Å². The second-order valence-electron chi connectivity index (χ2n) is 8.29. The molecule has 0 radical (unpaired) electrons. The maximum atomic E-state index is 13.6. The number of benzene rings is 2. The van der Waals surface area contributed by atoms with Crippen LogP contribution in [-0.4, -0.2) is 49.5 Å². The van der Waals surface area contributed by atoms with E-state index in [9.17, 15) is 24.5 Å². The number of aryl methyl sites for hydroxylation is 1. The first-order valence-electron chi connectivity index (χ1n) is 11.0. The Morgan fingerprint density at radius 1 is 1.11 bits per heavy atom. The van der Waals surface area contributed by atoms with Gasteiger partial charge in [-0.25, -0.2) is 25.1 Å². The number of aliphatic hydroxyl groups is 2. The molecule has 4 aromatic rings. The number of hydrogen-bond donors (Lipinski definition) is 4. The molecule has 0 saturated heterocycles. The van der Waals surface area contributed by atoms with Crippen LogP contribution in [0, 0.1) is 12.9 Å². The average Bonchev–Trinajstić information content (AvgIpc) is 2.86. The second-order valence-corrected chi connectivity index (χ2v) is 9.10. The molecule has 2 unspecified atom stereocenters. The molecule has 0 spiro atoms. The highest BCUT2D eigenvalue weighted by Gasteiger charge is 2.32. The highest BCUT2D eigenvalue weighted by atomic mass is 35.5. The first-order valence-corrected chi connectivity index (χ1v) is 11.8. The minimum Gasteiger partial charge on any atom is -0.477 e. The van der Waals surface area contributed by atoms with Gasteiger partial charge in [-0.15, -0.1) is 0 Å². The van der Waals surface area contributed by atoms with Crippen LogP contribution in [0.3, 0.4) is 0 Å². The van der Waals surface area contributed by atoms with Crippen molar-refractivity contribution in [3.8, 4) is 22.8 Å². The van der Waals surface area contributed by atoms with Crippen molar-refractivity contribution in [2.24, 2.45) is 5.10 Å². The van der Waals surface area contributed by atoms with Crippen molar-refractivity contribution in [2.75, 3.05) is 5.01 Å². The largest absolute Gasteiger partial charge is 0.477 e. The van der Waals surface area contributed by atoms with Crippen LogP contribution >= 0.6 is 23.2 Å². The number of nitrogens with zero attached hydrogens (tertiary/aromatic N) is 4. The molecule has 3 heterocycles. The highest BCUT2D eigenvalue weighted by Crippen LogP contribution is 2.41. The predicted molar refractivity (Wildman–Crippen MR) is 139 cm³/mol. The van der Waals surface area contributed by atoms with Crippen molar-refractivity contribution >= 4 is 51.5 Å². The van der Waals surface area contributed by atoms with E-state index in [1.165, 1.54) is 24.4 Å². The van der Waals surface area contributed by atoms with Crippen LogP contribution in [0.2, 0.25) is 10.0 Å². The van der Waals surface area contributed by atoms with Crippen molar-refractivity contribution in [2.45, 2.75) is 19.5 Å². The van der Waals surface area contributed by atoms with Crippen molar-refractivity contribution < 1.29 is 29.2 Å². The number of fused-ring (bicyclic) bond motifs is 1. The standard InChI is InChI=1S/C25H18Cl2FN5O5/c1-11-6-19(12-4-5-29-20(28)7-12)30-18-3-2-14(10-15(11)18)38-22-16(26)8-13(9-17(22)27)33-25(37)31-23(34)21(32-33)24(35)36/h2-10,23,25,31,34,37H,1H3,(H,35,36). The molecule has 13 heteroatoms. The molecule has 1 aliphatic rings. The number of carboxylic acid groups (broad SMARTS) is 1. The van der Waals surface area contributed by atoms with Crippen LogP contribution in [0.1, 0.15) is 5.56 Å². The molecule has 0 bridgehead atoms. The maximum absolute atomic E-state index is 13.6. The Balaban J connectivity index is 1.45. The van der Waals surface area contributed by atoms with Crippen molar-refractivity contribution in [1.82, 2.24) is 15.3 Å². The highest BCUT2D eigenvalue weighted by molar-refractivity contribution is 6.38. The Morgan fingerprint density at radius 3 is 2.53 bits per heavy atom. The minimum atomic E-state index is -1.67. The first kappa shape index (κ1) is 25.8. The summed E-state index contributed by atoms with van der Waals surface area (Å²) in [6.45, 7) is 1.89. The third kappa shape index (κ3) is 4.97. The topological polar surface area (TPSA) is 140 Å². The summed E-state index contributed by atoms with van der Waals surface area (Å²) < 4.78 is 19.5. The van der Waals surface area contributed by atoms with E-state index in [2.05, 4.69) is 20.4 Å². The summed E-state index contributed by atoms with van der Waals surface area (Å²) in [6.07, 6.45) is -1.83. The molecule has 0 fully saturated rings. The van der Waals surface area contributed by atoms with E-state index in [4.69, 9.17) is 27.9 Å². The van der Waals surface area contributed by atoms with Crippen molar-refractivity contribution in [1.29, 1.82) is 0 Å². The number of halogens is 3. The van der Waals surface area contributed by atoms with Gasteiger partial charge in [-0.2, -0.15) is 9.49 Å². The number of hydrogen-bond acceptors (Lipinski definition) is 9. The molecule has 4 N–H and O–H groups in total. The quantitative estimate of drug-likeness (QED) is 0.264. The van der Waals surface area contributed by atoms with E-state index < -0.39 is 30.2 Å². The lowest BCUT2D eigenvalue weighted by Gasteiger charge is -2.32. The van der Waals surface area contributed by atoms with Crippen LogP contribution in [0.15, 0.2) is 59.8 Å². The molecular weight excluding hydrogens is 540 g/mol. The fourth-order valence-corrected chi connectivity index (χ4v) is 4.47. The predicted octanol–water partition coefficient (Wildman–Crippen LogP) is 4.29. The van der Waals surface area contributed by atoms with E-state index in [1.54, 1.807) is 24.3 Å². The number of carbonyl (C=O) groups is 1. The second kappa shape index (κ2) is 10.1. The van der Waals surface area contributed by atoms with Gasteiger partial charge in [0, 0.05) is 23.2 Å². The molecule has 194 valence electrons. The van der Waals surface area contributed by atoms with E-state index in [0.717, 1.165) is 16.0 Å². The number of pyridine rings is 2. The number of ether oxygens (including phenoxy) is 1. The molecule has 5 rings (SSSR count). The molecule has 2 aromatic carbocycles. The molecule has 1 aliphatic heterocycles. The lowest BCUT2D eigenvalue weighted by molar-refractivity contribution is -0.130. The Kier molecular flexibility index (Phi) is 6.86. The Morgan fingerprint density at radius 2 is 1.84 bits per heavy atom. The fourth-order valence-electron chi connectivity index (χ4n) is 3.92. The lowest BCUT2D eigenvalue weighted by atomic mass is 10.1. The molecule has 2 atom stereocenters. The number of carboxylic acids is 1. The fraction of sp³-hybridized carbons (Fsp3) is 0.120. The number of hydrazone groups is 1. The number of rotatable bonds is 5. The molecular formula is C25H18Cl2FN5O5. The van der Waals surface area contributed by atoms with Gasteiger partial charge in [0.15, 0.2) is 17.7 Å². The van der Waals surface area contributed by atoms with Crippen molar-refractivity contribution in [3.05, 3.63) is 76.3 Å². The van der Waals surface area contributed by atoms with Gasteiger partial charge in [0.1, 0.15) is 5.75 Å². The maximum Gasteiger partial charge on any atom is 0.356 e. The van der Waals surface area contributed by atoms with Gasteiger partial charge >= 0.3 is 5.97 Å². The summed E-state index contributed by atoms with van der Waals surface area (Å²) in [5.74, 6) is -1.54. The third-order valence-corrected chi connectivity index (χ3v) is 6.27. The van der Waals surface area contributed by atoms with Crippen LogP contribution in [-0.2, 0) is 4.79 Å². The molecule has 38 heavy (non-hydrogen) atoms. The number of aromatic nitrogens is 2. The summed E-state index contributed by atoms with van der Waals surface area (Å²) in [6, 6.07) is 12.8. The minimum absolute atomic E-state index is 0.0582. The van der Waals surface area contributed by atoms with Crippen LogP contribution in [0.5, 0.6) is 11.5 Å². The average molecular weight is 558 g/mol. The van der Waals surface area contributed by atoms with E-state index in [1.807, 2.05) is 13.0 Å². The summed E-state index contributed by atoms with van der Waals surface area (Å²) in [4.78, 5) is 19.5. The summed E-state index contributed by atoms with van der Waals surface area (Å²) in [5, 5.41) is 37.1. The Hall–Kier alpha value is -3.87. The van der Waals surface area contributed by atoms with Gasteiger partial charge in [0.25, 0.3) is 0 Å². The lowest BCUT2D eigenvalue weighted by Crippen LogP contribution is -2.57. The Bertz CT molecular complexity index is 1600. The number of anilines is 1. The van der Waals surface area contributed by atoms with Gasteiger partial charge < -0.3 is 20.1 Å². The summed E-state index contributed by atoms with van der Waals surface area (Å²) in [5.41, 5.74) is 2.27. The van der Waals surface area contributed by atoms with Crippen LogP contribution in [0.4, 0.5) is 10.1 Å². The molecule has 0 aliphatic carbocycles. The number of aliphatic hydroxyl groups excluding tert-OH is 2.